The lowest BCUT2D eigenvalue weighted by Crippen LogP contribution is -2.50. The van der Waals surface area contributed by atoms with Gasteiger partial charge in [-0.1, -0.05) is 0 Å². The van der Waals surface area contributed by atoms with Crippen molar-refractivity contribution in [3.8, 4) is 11.5 Å². The number of amidine groups is 1. The lowest BCUT2D eigenvalue weighted by atomic mass is 9.89. The number of hydrogen-bond acceptors (Lipinski definition) is 8. The summed E-state index contributed by atoms with van der Waals surface area (Å²) in [6, 6.07) is 7.73. The highest BCUT2D eigenvalue weighted by molar-refractivity contribution is 7.89. The third-order valence-electron chi connectivity index (χ3n) is 9.28. The van der Waals surface area contributed by atoms with Crippen LogP contribution in [0.4, 0.5) is 8.78 Å². The standard InChI is InChI=1S/C31H36F2N4O7S/c1-19-16-22(27(38)36-11-7-29(3,40)8-12-36)17-20(2)23(19)6-15-45(41,42)37-13-9-30(10-14-37)28(39)34-26(35-30)21-4-5-24-25(18-21)44-31(32,33)43-24/h4-5,16-18,40H,6-15H2,1-3H3,(H,34,35,39). The molecule has 4 aliphatic rings. The highest BCUT2D eigenvalue weighted by atomic mass is 32.2. The first kappa shape index (κ1) is 31.4. The Kier molecular flexibility index (Phi) is 7.68. The summed E-state index contributed by atoms with van der Waals surface area (Å²) in [5.41, 5.74) is 1.56. The van der Waals surface area contributed by atoms with Crippen LogP contribution < -0.4 is 14.8 Å². The number of aryl methyl sites for hydroxylation is 2. The van der Waals surface area contributed by atoms with Crippen molar-refractivity contribution in [2.24, 2.45) is 4.99 Å². The van der Waals surface area contributed by atoms with Crippen LogP contribution in [-0.2, 0) is 21.2 Å². The maximum absolute atomic E-state index is 13.4. The Morgan fingerprint density at radius 1 is 1.00 bits per heavy atom. The topological polar surface area (TPSA) is 138 Å². The zero-order valence-electron chi connectivity index (χ0n) is 25.4. The zero-order chi connectivity index (χ0) is 32.4. The lowest BCUT2D eigenvalue weighted by molar-refractivity contribution is -0.286. The van der Waals surface area contributed by atoms with Gasteiger partial charge in [-0.3, -0.25) is 14.6 Å². The molecule has 2 aromatic carbocycles. The first-order valence-electron chi connectivity index (χ1n) is 15.0. The van der Waals surface area contributed by atoms with E-state index >= 15 is 0 Å². The minimum atomic E-state index is -3.77. The largest absolute Gasteiger partial charge is 0.586 e. The van der Waals surface area contributed by atoms with Crippen LogP contribution in [0.3, 0.4) is 0 Å². The number of fused-ring (bicyclic) bond motifs is 1. The Morgan fingerprint density at radius 2 is 1.62 bits per heavy atom. The predicted molar refractivity (Wildman–Crippen MR) is 160 cm³/mol. The van der Waals surface area contributed by atoms with Crippen LogP contribution in [0.2, 0.25) is 0 Å². The number of halogens is 2. The number of carbonyl (C=O) groups is 2. The molecule has 2 saturated heterocycles. The van der Waals surface area contributed by atoms with E-state index in [4.69, 9.17) is 0 Å². The Balaban J connectivity index is 1.08. The Bertz CT molecular complexity index is 1670. The van der Waals surface area contributed by atoms with Crippen molar-refractivity contribution in [1.82, 2.24) is 14.5 Å². The monoisotopic (exact) mass is 646 g/mol. The number of sulfonamides is 1. The van der Waals surface area contributed by atoms with E-state index in [1.807, 2.05) is 13.8 Å². The minimum absolute atomic E-state index is 0.0973. The van der Waals surface area contributed by atoms with Gasteiger partial charge in [0.15, 0.2) is 11.5 Å². The molecule has 2 aromatic rings. The van der Waals surface area contributed by atoms with E-state index in [1.165, 1.54) is 22.5 Å². The van der Waals surface area contributed by atoms with Crippen LogP contribution in [0.15, 0.2) is 35.3 Å². The second kappa shape index (κ2) is 11.0. The van der Waals surface area contributed by atoms with Gasteiger partial charge in [0.2, 0.25) is 10.0 Å². The first-order valence-corrected chi connectivity index (χ1v) is 16.6. The number of nitrogens with zero attached hydrogens (tertiary/aromatic N) is 3. The second-order valence-corrected chi connectivity index (χ2v) is 14.7. The number of carbonyl (C=O) groups excluding carboxylic acids is 2. The number of hydrogen-bond donors (Lipinski definition) is 2. The molecule has 0 atom stereocenters. The van der Waals surface area contributed by atoms with Crippen molar-refractivity contribution in [2.75, 3.05) is 31.9 Å². The fraction of sp³-hybridized carbons (Fsp3) is 0.516. The Morgan fingerprint density at radius 3 is 2.27 bits per heavy atom. The molecule has 0 aromatic heterocycles. The van der Waals surface area contributed by atoms with Crippen LogP contribution in [0, 0.1) is 13.8 Å². The number of rotatable bonds is 6. The van der Waals surface area contributed by atoms with Gasteiger partial charge in [0, 0.05) is 37.3 Å². The molecule has 45 heavy (non-hydrogen) atoms. The number of benzene rings is 2. The van der Waals surface area contributed by atoms with Crippen LogP contribution >= 0.6 is 0 Å². The molecular weight excluding hydrogens is 610 g/mol. The average Bonchev–Trinajstić information content (AvgIpc) is 3.45. The molecule has 6 rings (SSSR count). The van der Waals surface area contributed by atoms with Gasteiger partial charge < -0.3 is 24.8 Å². The van der Waals surface area contributed by atoms with Crippen molar-refractivity contribution >= 4 is 27.7 Å². The first-order chi connectivity index (χ1) is 21.1. The highest BCUT2D eigenvalue weighted by Crippen LogP contribution is 2.42. The van der Waals surface area contributed by atoms with Crippen LogP contribution in [0.1, 0.15) is 65.2 Å². The molecule has 4 aliphatic heterocycles. The highest BCUT2D eigenvalue weighted by Gasteiger charge is 2.48. The summed E-state index contributed by atoms with van der Waals surface area (Å²) in [6.45, 7) is 6.70. The van der Waals surface area contributed by atoms with Crippen molar-refractivity contribution in [3.63, 3.8) is 0 Å². The number of nitrogens with one attached hydrogen (secondary N) is 1. The second-order valence-electron chi connectivity index (χ2n) is 12.6. The molecule has 242 valence electrons. The Hall–Kier alpha value is -3.62. The van der Waals surface area contributed by atoms with E-state index in [2.05, 4.69) is 19.8 Å². The van der Waals surface area contributed by atoms with E-state index in [1.54, 1.807) is 24.0 Å². The molecule has 4 heterocycles. The number of piperidine rings is 2. The van der Waals surface area contributed by atoms with E-state index in [0.29, 0.717) is 37.1 Å². The van der Waals surface area contributed by atoms with Crippen molar-refractivity contribution in [3.05, 3.63) is 58.1 Å². The Labute approximate surface area is 260 Å². The van der Waals surface area contributed by atoms with Crippen LogP contribution in [-0.4, -0.2) is 89.7 Å². The molecule has 14 heteroatoms. The molecule has 1 spiro atoms. The summed E-state index contributed by atoms with van der Waals surface area (Å²) in [5.74, 6) is -0.671. The van der Waals surface area contributed by atoms with Crippen molar-refractivity contribution < 1.29 is 41.4 Å². The number of ether oxygens (including phenoxy) is 2. The molecule has 0 saturated carbocycles. The smallest absolute Gasteiger partial charge is 0.395 e. The summed E-state index contributed by atoms with van der Waals surface area (Å²) in [7, 11) is -3.66. The molecule has 2 amide bonds. The number of alkyl halides is 2. The maximum Gasteiger partial charge on any atom is 0.586 e. The molecule has 0 radical (unpaired) electrons. The van der Waals surface area contributed by atoms with Gasteiger partial charge in [0.25, 0.3) is 11.8 Å². The average molecular weight is 647 g/mol. The van der Waals surface area contributed by atoms with Gasteiger partial charge in [0.1, 0.15) is 11.4 Å². The summed E-state index contributed by atoms with van der Waals surface area (Å²) in [5, 5.41) is 12.9. The third-order valence-corrected chi connectivity index (χ3v) is 11.2. The number of amides is 2. The minimum Gasteiger partial charge on any atom is -0.395 e. The molecule has 2 N–H and O–H groups in total. The van der Waals surface area contributed by atoms with Gasteiger partial charge in [-0.25, -0.2) is 12.7 Å². The number of likely N-dealkylation sites (tertiary alicyclic amines) is 1. The molecule has 0 unspecified atom stereocenters. The van der Waals surface area contributed by atoms with Gasteiger partial charge in [0.05, 0.1) is 11.4 Å². The van der Waals surface area contributed by atoms with Gasteiger partial charge >= 0.3 is 6.29 Å². The fourth-order valence-electron chi connectivity index (χ4n) is 6.47. The van der Waals surface area contributed by atoms with Gasteiger partial charge in [-0.2, -0.15) is 0 Å². The quantitative estimate of drug-likeness (QED) is 0.493. The summed E-state index contributed by atoms with van der Waals surface area (Å²) in [4.78, 5) is 32.5. The maximum atomic E-state index is 13.4. The van der Waals surface area contributed by atoms with Crippen LogP contribution in [0.25, 0.3) is 0 Å². The number of aliphatic imine (C=N–C) groups is 1. The van der Waals surface area contributed by atoms with E-state index in [9.17, 15) is 31.9 Å². The van der Waals surface area contributed by atoms with E-state index in [-0.39, 0.29) is 67.3 Å². The summed E-state index contributed by atoms with van der Waals surface area (Å²) >= 11 is 0. The fourth-order valence-corrected chi connectivity index (χ4v) is 7.93. The van der Waals surface area contributed by atoms with Gasteiger partial charge in [-0.05, 0) is 99.9 Å². The van der Waals surface area contributed by atoms with Gasteiger partial charge in [-0.15, -0.1) is 8.78 Å². The van der Waals surface area contributed by atoms with Crippen molar-refractivity contribution in [2.45, 2.75) is 70.3 Å². The number of aliphatic hydroxyl groups is 1. The lowest BCUT2D eigenvalue weighted by Gasteiger charge is -2.36. The SMILES string of the molecule is Cc1cc(C(=O)N2CCC(C)(O)CC2)cc(C)c1CCS(=O)(=O)N1CCC2(CC1)N=C(c1ccc3c(c1)OC(F)(F)O3)NC2=O. The summed E-state index contributed by atoms with van der Waals surface area (Å²) in [6.07, 6.45) is -2.11. The molecule has 0 aliphatic carbocycles. The predicted octanol–water partition coefficient (Wildman–Crippen LogP) is 2.90. The van der Waals surface area contributed by atoms with Crippen LogP contribution in [0.5, 0.6) is 11.5 Å². The van der Waals surface area contributed by atoms with Crippen molar-refractivity contribution in [1.29, 1.82) is 0 Å². The van der Waals surface area contributed by atoms with E-state index in [0.717, 1.165) is 16.7 Å². The molecule has 0 bridgehead atoms. The third kappa shape index (κ3) is 6.15. The summed E-state index contributed by atoms with van der Waals surface area (Å²) < 4.78 is 63.9. The zero-order valence-corrected chi connectivity index (χ0v) is 26.2. The molecule has 2 fully saturated rings. The normalized spacial score (nSPS) is 22.0. The molecular formula is C31H36F2N4O7S. The van der Waals surface area contributed by atoms with E-state index < -0.39 is 27.5 Å². The molecule has 11 nitrogen and oxygen atoms in total.